The van der Waals surface area contributed by atoms with Crippen molar-refractivity contribution in [2.24, 2.45) is 0 Å². The first kappa shape index (κ1) is 27.4. The summed E-state index contributed by atoms with van der Waals surface area (Å²) in [4.78, 5) is 12.4. The molecule has 0 bridgehead atoms. The Morgan fingerprint density at radius 2 is 1.54 bits per heavy atom. The predicted molar refractivity (Wildman–Crippen MR) is 166 cm³/mol. The Labute approximate surface area is 246 Å². The molecule has 2 aliphatic rings. The molecule has 0 radical (unpaired) electrons. The third kappa shape index (κ3) is 7.32. The molecule has 41 heavy (non-hydrogen) atoms. The summed E-state index contributed by atoms with van der Waals surface area (Å²) < 4.78 is 7.48. The van der Waals surface area contributed by atoms with Crippen molar-refractivity contribution in [2.75, 3.05) is 54.4 Å². The van der Waals surface area contributed by atoms with E-state index < -0.39 is 0 Å². The smallest absolute Gasteiger partial charge is 0.288 e. The van der Waals surface area contributed by atoms with Crippen molar-refractivity contribution in [3.05, 3.63) is 95.3 Å². The van der Waals surface area contributed by atoms with Crippen LogP contribution < -0.4 is 20.4 Å². The summed E-state index contributed by atoms with van der Waals surface area (Å²) in [5.74, 6) is 1.57. The lowest BCUT2D eigenvalue weighted by Gasteiger charge is -2.36. The summed E-state index contributed by atoms with van der Waals surface area (Å²) >= 11 is 5.43. The van der Waals surface area contributed by atoms with Gasteiger partial charge in [-0.3, -0.25) is 10.2 Å². The quantitative estimate of drug-likeness (QED) is 0.263. The van der Waals surface area contributed by atoms with Crippen molar-refractivity contribution in [2.45, 2.75) is 38.6 Å². The highest BCUT2D eigenvalue weighted by Crippen LogP contribution is 2.20. The number of rotatable bonds is 10. The Bertz CT molecular complexity index is 1410. The average molecular weight is 571 g/mol. The molecular formula is C31H38N8OS. The Balaban J connectivity index is 0.927. The molecule has 6 rings (SSSR count). The Morgan fingerprint density at radius 1 is 0.829 bits per heavy atom. The van der Waals surface area contributed by atoms with E-state index in [0.29, 0.717) is 30.0 Å². The van der Waals surface area contributed by atoms with Crippen molar-refractivity contribution in [1.82, 2.24) is 25.0 Å². The highest BCUT2D eigenvalue weighted by atomic mass is 32.1. The van der Waals surface area contributed by atoms with Gasteiger partial charge >= 0.3 is 0 Å². The summed E-state index contributed by atoms with van der Waals surface area (Å²) in [5, 5.41) is 11.5. The van der Waals surface area contributed by atoms with Crippen LogP contribution in [0.4, 0.5) is 17.2 Å². The summed E-state index contributed by atoms with van der Waals surface area (Å²) in [6.07, 6.45) is 4.09. The predicted octanol–water partition coefficient (Wildman–Crippen LogP) is 4.75. The highest BCUT2D eigenvalue weighted by Gasteiger charge is 2.20. The molecule has 2 aromatic carbocycles. The van der Waals surface area contributed by atoms with Gasteiger partial charge in [0.15, 0.2) is 0 Å². The van der Waals surface area contributed by atoms with Crippen LogP contribution in [0.2, 0.25) is 0 Å². The fourth-order valence-electron chi connectivity index (χ4n) is 5.56. The van der Waals surface area contributed by atoms with Crippen molar-refractivity contribution >= 4 is 29.4 Å². The van der Waals surface area contributed by atoms with Gasteiger partial charge in [-0.1, -0.05) is 48.5 Å². The molecular weight excluding hydrogens is 532 g/mol. The van der Waals surface area contributed by atoms with Gasteiger partial charge in [0.05, 0.1) is 25.1 Å². The van der Waals surface area contributed by atoms with Gasteiger partial charge in [-0.05, 0) is 68.0 Å². The molecule has 4 aromatic rings. The maximum absolute atomic E-state index is 5.75. The summed E-state index contributed by atoms with van der Waals surface area (Å²) in [5.41, 5.74) is 3.58. The molecule has 2 fully saturated rings. The number of hydrogen-bond acceptors (Lipinski definition) is 9. The second-order valence-electron chi connectivity index (χ2n) is 10.7. The van der Waals surface area contributed by atoms with Crippen LogP contribution in [-0.4, -0.2) is 65.0 Å². The van der Waals surface area contributed by atoms with E-state index in [1.165, 1.54) is 11.3 Å². The topological polar surface area (TPSA) is 77.6 Å². The molecule has 0 unspecified atom stereocenters. The molecule has 0 aliphatic carbocycles. The maximum atomic E-state index is 5.75. The molecule has 2 aromatic heterocycles. The molecule has 214 valence electrons. The van der Waals surface area contributed by atoms with Crippen molar-refractivity contribution in [3.63, 3.8) is 0 Å². The van der Waals surface area contributed by atoms with Gasteiger partial charge in [0.1, 0.15) is 5.82 Å². The monoisotopic (exact) mass is 570 g/mol. The minimum absolute atomic E-state index is 0.388. The zero-order chi connectivity index (χ0) is 27.9. The summed E-state index contributed by atoms with van der Waals surface area (Å²) in [6, 6.07) is 25.9. The van der Waals surface area contributed by atoms with E-state index in [9.17, 15) is 0 Å². The van der Waals surface area contributed by atoms with E-state index in [1.54, 1.807) is 4.68 Å². The zero-order valence-corrected chi connectivity index (χ0v) is 24.2. The van der Waals surface area contributed by atoms with E-state index >= 15 is 0 Å². The minimum atomic E-state index is 0.388. The second-order valence-corrected chi connectivity index (χ2v) is 11.1. The second kappa shape index (κ2) is 13.3. The normalized spacial score (nSPS) is 16.7. The largest absolute Gasteiger partial charge is 0.412 e. The molecule has 9 nitrogen and oxygen atoms in total. The van der Waals surface area contributed by atoms with Gasteiger partial charge in [0, 0.05) is 44.5 Å². The van der Waals surface area contributed by atoms with Gasteiger partial charge in [-0.2, -0.15) is 0 Å². The van der Waals surface area contributed by atoms with Crippen LogP contribution in [0.5, 0.6) is 0 Å². The number of anilines is 3. The molecule has 2 saturated heterocycles. The van der Waals surface area contributed by atoms with E-state index in [1.807, 2.05) is 6.20 Å². The van der Waals surface area contributed by atoms with E-state index in [0.717, 1.165) is 70.2 Å². The number of para-hydroxylation sites is 1. The fraction of sp³-hybridized carbons (Fsp3) is 0.387. The van der Waals surface area contributed by atoms with Crippen molar-refractivity contribution < 1.29 is 4.42 Å². The lowest BCUT2D eigenvalue weighted by atomic mass is 10.0. The molecule has 0 saturated carbocycles. The number of hydrogen-bond donors (Lipinski definition) is 2. The minimum Gasteiger partial charge on any atom is -0.412 e. The summed E-state index contributed by atoms with van der Waals surface area (Å²) in [6.45, 7) is 8.07. The number of piperidine rings is 1. The zero-order valence-electron chi connectivity index (χ0n) is 23.4. The van der Waals surface area contributed by atoms with E-state index in [4.69, 9.17) is 21.6 Å². The van der Waals surface area contributed by atoms with Crippen molar-refractivity contribution in [3.8, 4) is 0 Å². The summed E-state index contributed by atoms with van der Waals surface area (Å²) in [7, 11) is 0. The lowest BCUT2D eigenvalue weighted by Crippen LogP contribution is -2.46. The number of nitrogens with zero attached hydrogens (tertiary/aromatic N) is 6. The van der Waals surface area contributed by atoms with Crippen molar-refractivity contribution in [1.29, 1.82) is 0 Å². The third-order valence-corrected chi connectivity index (χ3v) is 8.23. The van der Waals surface area contributed by atoms with Crippen LogP contribution >= 0.6 is 12.2 Å². The molecule has 0 amide bonds. The molecule has 4 heterocycles. The van der Waals surface area contributed by atoms with Crippen LogP contribution in [0.1, 0.15) is 24.3 Å². The van der Waals surface area contributed by atoms with Crippen LogP contribution in [-0.2, 0) is 19.8 Å². The van der Waals surface area contributed by atoms with Gasteiger partial charge in [0.25, 0.3) is 4.84 Å². The number of nitrogens with one attached hydrogen (secondary N) is 2. The Hall–Kier alpha value is -3.73. The maximum Gasteiger partial charge on any atom is 0.288 e. The molecule has 0 atom stereocenters. The molecule has 2 aliphatic heterocycles. The number of aromatic nitrogens is 3. The van der Waals surface area contributed by atoms with Crippen LogP contribution in [0.3, 0.4) is 0 Å². The number of likely N-dealkylation sites (tertiary alicyclic amines) is 1. The third-order valence-electron chi connectivity index (χ3n) is 7.93. The van der Waals surface area contributed by atoms with Gasteiger partial charge in [-0.25, -0.2) is 9.67 Å². The number of piperazine rings is 1. The van der Waals surface area contributed by atoms with Crippen LogP contribution in [0, 0.1) is 4.84 Å². The lowest BCUT2D eigenvalue weighted by molar-refractivity contribution is 0.184. The molecule has 10 heteroatoms. The first-order chi connectivity index (χ1) is 20.2. The fourth-order valence-corrected chi connectivity index (χ4v) is 5.76. The van der Waals surface area contributed by atoms with Gasteiger partial charge in [-0.15, -0.1) is 5.10 Å². The number of pyridine rings is 1. The Morgan fingerprint density at radius 3 is 2.24 bits per heavy atom. The molecule has 2 N–H and O–H groups in total. The van der Waals surface area contributed by atoms with E-state index in [-0.39, 0.29) is 0 Å². The first-order valence-electron chi connectivity index (χ1n) is 14.5. The SMILES string of the molecule is S=c1oc(CNc2ccc(N3CCN(c4ccccc4)CC3)nc2)nn1CNC1CCN(Cc2ccccc2)CC1. The standard InChI is InChI=1S/C31H38N8OS/c41-31-39(24-34-26-13-15-36(16-14-26)23-25-7-3-1-4-8-25)35-30(40-31)22-32-27-11-12-29(33-21-27)38-19-17-37(18-20-38)28-9-5-2-6-10-28/h1-12,21,26,32,34H,13-20,22-24H2. The average Bonchev–Trinajstić information content (AvgIpc) is 3.40. The Kier molecular flexibility index (Phi) is 8.89. The van der Waals surface area contributed by atoms with Gasteiger partial charge < -0.3 is 19.5 Å². The number of benzene rings is 2. The molecule has 0 spiro atoms. The van der Waals surface area contributed by atoms with Crippen LogP contribution in [0.25, 0.3) is 0 Å². The van der Waals surface area contributed by atoms with Gasteiger partial charge in [0.2, 0.25) is 5.89 Å². The van der Waals surface area contributed by atoms with E-state index in [2.05, 4.69) is 103 Å². The highest BCUT2D eigenvalue weighted by molar-refractivity contribution is 7.71. The first-order valence-corrected chi connectivity index (χ1v) is 14.9. The van der Waals surface area contributed by atoms with Crippen LogP contribution in [0.15, 0.2) is 83.4 Å².